The Morgan fingerprint density at radius 1 is 0.583 bits per heavy atom. The average Bonchev–Trinajstić information content (AvgIpc) is 1.95. The lowest BCUT2D eigenvalue weighted by molar-refractivity contribution is 0.600. The predicted octanol–water partition coefficient (Wildman–Crippen LogP) is -0.230. The summed E-state index contributed by atoms with van der Waals surface area (Å²) in [5.74, 6) is 0.442. The van der Waals surface area contributed by atoms with Crippen molar-refractivity contribution in [3.05, 3.63) is 0 Å². The third-order valence-electron chi connectivity index (χ3n) is 1.43. The minimum absolute atomic E-state index is 0.221. The Balaban J connectivity index is 3.11. The molecule has 0 saturated heterocycles. The molecule has 0 aromatic heterocycles. The largest absolute Gasteiger partial charge is 0.232 e. The second-order valence-corrected chi connectivity index (χ2v) is 4.75. The van der Waals surface area contributed by atoms with Gasteiger partial charge in [0.2, 0.25) is 0 Å². The zero-order chi connectivity index (χ0) is 9.40. The molecule has 12 heavy (non-hydrogen) atoms. The van der Waals surface area contributed by atoms with Gasteiger partial charge >= 0.3 is 0 Å². The smallest absolute Gasteiger partial charge is 0.140 e. The summed E-state index contributed by atoms with van der Waals surface area (Å²) in [4.78, 5) is 0. The van der Waals surface area contributed by atoms with E-state index in [1.807, 2.05) is 0 Å². The van der Waals surface area contributed by atoms with Crippen molar-refractivity contribution in [2.75, 3.05) is 11.5 Å². The summed E-state index contributed by atoms with van der Waals surface area (Å²) >= 11 is 0. The van der Waals surface area contributed by atoms with E-state index in [2.05, 4.69) is 0 Å². The second kappa shape index (κ2) is 7.54. The second-order valence-electron chi connectivity index (χ2n) is 2.53. The average molecular weight is 214 g/mol. The Morgan fingerprint density at radius 3 is 1.17 bits per heavy atom. The molecule has 0 spiro atoms. The molecule has 6 heteroatoms. The van der Waals surface area contributed by atoms with Crippen LogP contribution in [0.2, 0.25) is 0 Å². The highest BCUT2D eigenvalue weighted by Gasteiger charge is 1.92. The third-order valence-corrected chi connectivity index (χ3v) is 2.79. The van der Waals surface area contributed by atoms with Gasteiger partial charge < -0.3 is 0 Å². The number of hydrogen-bond donors (Lipinski definition) is 2. The minimum Gasteiger partial charge on any atom is -0.232 e. The predicted molar refractivity (Wildman–Crippen MR) is 48.8 cm³/mol. The zero-order valence-corrected chi connectivity index (χ0v) is 8.56. The molecule has 0 heterocycles. The highest BCUT2D eigenvalue weighted by molar-refractivity contribution is 7.72. The van der Waals surface area contributed by atoms with E-state index in [0.29, 0.717) is 12.8 Å². The van der Waals surface area contributed by atoms with Gasteiger partial charge in [0.15, 0.2) is 0 Å². The monoisotopic (exact) mass is 214 g/mol. The fraction of sp³-hybridized carbons (Fsp3) is 1.00. The van der Waals surface area contributed by atoms with Crippen LogP contribution in [-0.4, -0.2) is 28.3 Å². The van der Waals surface area contributed by atoms with Crippen molar-refractivity contribution in [3.8, 4) is 0 Å². The third kappa shape index (κ3) is 9.90. The molecule has 0 bridgehead atoms. The molecule has 0 fully saturated rings. The lowest BCUT2D eigenvalue weighted by Gasteiger charge is -1.93. The molecule has 0 aliphatic carbocycles. The van der Waals surface area contributed by atoms with Gasteiger partial charge in [-0.05, 0) is 12.8 Å². The molecule has 0 aromatic rings. The summed E-state index contributed by atoms with van der Waals surface area (Å²) in [5, 5.41) is 0. The van der Waals surface area contributed by atoms with Gasteiger partial charge in [-0.1, -0.05) is 12.8 Å². The molecule has 0 amide bonds. The molecule has 0 rings (SSSR count). The van der Waals surface area contributed by atoms with Crippen LogP contribution in [0.25, 0.3) is 0 Å². The SMILES string of the molecule is O=[SH](=O)CCCCCC[SH](=O)=O. The van der Waals surface area contributed by atoms with E-state index in [1.54, 1.807) is 0 Å². The van der Waals surface area contributed by atoms with E-state index >= 15 is 0 Å². The molecular weight excluding hydrogens is 200 g/mol. The van der Waals surface area contributed by atoms with Crippen molar-refractivity contribution in [3.63, 3.8) is 0 Å². The number of rotatable bonds is 7. The van der Waals surface area contributed by atoms with Gasteiger partial charge in [0.05, 0.1) is 0 Å². The van der Waals surface area contributed by atoms with Gasteiger partial charge in [0.1, 0.15) is 21.4 Å². The summed E-state index contributed by atoms with van der Waals surface area (Å²) in [6.07, 6.45) is 2.89. The van der Waals surface area contributed by atoms with E-state index in [4.69, 9.17) is 0 Å². The molecule has 0 aromatic carbocycles. The maximum Gasteiger partial charge on any atom is 0.140 e. The molecule has 0 saturated carbocycles. The van der Waals surface area contributed by atoms with Gasteiger partial charge in [0, 0.05) is 11.5 Å². The van der Waals surface area contributed by atoms with E-state index in [9.17, 15) is 16.8 Å². The van der Waals surface area contributed by atoms with Crippen LogP contribution in [0.4, 0.5) is 0 Å². The molecule has 0 atom stereocenters. The molecule has 4 nitrogen and oxygen atoms in total. The number of hydrogen-bond acceptors (Lipinski definition) is 4. The van der Waals surface area contributed by atoms with Crippen molar-refractivity contribution < 1.29 is 16.8 Å². The maximum absolute atomic E-state index is 10.1. The van der Waals surface area contributed by atoms with E-state index in [1.165, 1.54) is 0 Å². The van der Waals surface area contributed by atoms with Crippen molar-refractivity contribution in [1.29, 1.82) is 0 Å². The van der Waals surface area contributed by atoms with Gasteiger partial charge in [-0.15, -0.1) is 0 Å². The molecule has 74 valence electrons. The first-order valence-corrected chi connectivity index (χ1v) is 6.59. The molecule has 0 radical (unpaired) electrons. The van der Waals surface area contributed by atoms with Gasteiger partial charge in [-0.3, -0.25) is 0 Å². The summed E-state index contributed by atoms with van der Waals surface area (Å²) in [5.41, 5.74) is 0. The lowest BCUT2D eigenvalue weighted by atomic mass is 10.2. The normalized spacial score (nSPS) is 11.2. The molecule has 0 N–H and O–H groups in total. The van der Waals surface area contributed by atoms with E-state index in [-0.39, 0.29) is 11.5 Å². The quantitative estimate of drug-likeness (QED) is 0.454. The lowest BCUT2D eigenvalue weighted by Crippen LogP contribution is -1.90. The molecule has 0 unspecified atom stereocenters. The Morgan fingerprint density at radius 2 is 0.917 bits per heavy atom. The summed E-state index contributed by atoms with van der Waals surface area (Å²) < 4.78 is 40.3. The van der Waals surface area contributed by atoms with Crippen LogP contribution in [0.5, 0.6) is 0 Å². The molecule has 0 aliphatic rings. The minimum atomic E-state index is -2.25. The standard InChI is InChI=1S/C6H14O4S2/c7-11(8)5-3-1-2-4-6-12(9)10/h11-12H,1-6H2. The fourth-order valence-electron chi connectivity index (χ4n) is 0.835. The Hall–Kier alpha value is -0.100. The number of thiol groups is 2. The van der Waals surface area contributed by atoms with Crippen LogP contribution in [0.3, 0.4) is 0 Å². The first-order chi connectivity index (χ1) is 5.63. The Labute approximate surface area is 75.9 Å². The van der Waals surface area contributed by atoms with Crippen molar-refractivity contribution in [2.45, 2.75) is 25.7 Å². The number of unbranched alkanes of at least 4 members (excludes halogenated alkanes) is 3. The van der Waals surface area contributed by atoms with E-state index < -0.39 is 21.4 Å². The topological polar surface area (TPSA) is 68.3 Å². The highest BCUT2D eigenvalue weighted by atomic mass is 32.2. The van der Waals surface area contributed by atoms with Crippen molar-refractivity contribution in [1.82, 2.24) is 0 Å². The summed E-state index contributed by atoms with van der Waals surface area (Å²) in [7, 11) is -4.51. The van der Waals surface area contributed by atoms with Crippen LogP contribution in [0, 0.1) is 0 Å². The van der Waals surface area contributed by atoms with Gasteiger partial charge in [-0.25, -0.2) is 16.8 Å². The molecular formula is C6H14O4S2. The van der Waals surface area contributed by atoms with Crippen molar-refractivity contribution in [2.24, 2.45) is 0 Å². The Kier molecular flexibility index (Phi) is 7.48. The van der Waals surface area contributed by atoms with Crippen LogP contribution < -0.4 is 0 Å². The summed E-state index contributed by atoms with van der Waals surface area (Å²) in [6.45, 7) is 0. The van der Waals surface area contributed by atoms with Crippen LogP contribution in [0.1, 0.15) is 25.7 Å². The van der Waals surface area contributed by atoms with Crippen molar-refractivity contribution >= 4 is 21.4 Å². The highest BCUT2D eigenvalue weighted by Crippen LogP contribution is 1.99. The van der Waals surface area contributed by atoms with Crippen LogP contribution in [-0.2, 0) is 21.4 Å². The first-order valence-electron chi connectivity index (χ1n) is 3.86. The van der Waals surface area contributed by atoms with Gasteiger partial charge in [-0.2, -0.15) is 0 Å². The van der Waals surface area contributed by atoms with Crippen LogP contribution in [0.15, 0.2) is 0 Å². The fourth-order valence-corrected chi connectivity index (χ4v) is 1.80. The zero-order valence-electron chi connectivity index (χ0n) is 6.77. The van der Waals surface area contributed by atoms with Crippen LogP contribution >= 0.6 is 0 Å². The van der Waals surface area contributed by atoms with E-state index in [0.717, 1.165) is 12.8 Å². The van der Waals surface area contributed by atoms with Gasteiger partial charge in [0.25, 0.3) is 0 Å². The maximum atomic E-state index is 10.1. The Bertz CT molecular complexity index is 200. The summed E-state index contributed by atoms with van der Waals surface area (Å²) in [6, 6.07) is 0. The molecule has 0 aliphatic heterocycles. The first kappa shape index (κ1) is 11.9.